The molecule has 3 aromatic carbocycles. The molecule has 198 valence electrons. The summed E-state index contributed by atoms with van der Waals surface area (Å²) in [5.74, 6) is 2.00. The summed E-state index contributed by atoms with van der Waals surface area (Å²) in [5.41, 5.74) is 2.93. The van der Waals surface area contributed by atoms with Crippen LogP contribution in [0.5, 0.6) is 5.75 Å². The highest BCUT2D eigenvalue weighted by molar-refractivity contribution is 7.85. The second-order valence-electron chi connectivity index (χ2n) is 9.64. The number of methoxy groups -OCH3 is 1. The summed E-state index contributed by atoms with van der Waals surface area (Å²) in [5, 5.41) is 0.487. The van der Waals surface area contributed by atoms with Gasteiger partial charge in [-0.25, -0.2) is 0 Å². The molecule has 0 radical (unpaired) electrons. The Morgan fingerprint density at radius 3 is 2.39 bits per heavy atom. The fraction of sp³-hybridized carbons (Fsp3) is 0.323. The lowest BCUT2D eigenvalue weighted by Crippen LogP contribution is -2.46. The Kier molecular flexibility index (Phi) is 8.25. The zero-order valence-electron chi connectivity index (χ0n) is 22.0. The summed E-state index contributed by atoms with van der Waals surface area (Å²) in [6.07, 6.45) is 1.82. The number of rotatable bonds is 9. The fourth-order valence-corrected chi connectivity index (χ4v) is 6.38. The number of benzene rings is 3. The Bertz CT molecular complexity index is 1480. The largest absolute Gasteiger partial charge is 0.495 e. The van der Waals surface area contributed by atoms with Gasteiger partial charge in [-0.3, -0.25) is 13.9 Å². The Morgan fingerprint density at radius 1 is 0.895 bits per heavy atom. The van der Waals surface area contributed by atoms with E-state index in [2.05, 4.69) is 21.9 Å². The number of ether oxygens (including phenoxy) is 1. The summed E-state index contributed by atoms with van der Waals surface area (Å²) in [4.78, 5) is 18.6. The van der Waals surface area contributed by atoms with Crippen LogP contribution in [0.15, 0.2) is 86.9 Å². The van der Waals surface area contributed by atoms with E-state index in [0.717, 1.165) is 62.6 Å². The van der Waals surface area contributed by atoms with Gasteiger partial charge in [0.1, 0.15) is 11.5 Å². The van der Waals surface area contributed by atoms with Gasteiger partial charge in [0.15, 0.2) is 11.0 Å². The smallest absolute Gasteiger partial charge is 0.196 e. The molecule has 1 atom stereocenters. The maximum absolute atomic E-state index is 13.3. The molecule has 0 bridgehead atoms. The average molecular weight is 531 g/mol. The lowest BCUT2D eigenvalue weighted by molar-refractivity contribution is 0.253. The van der Waals surface area contributed by atoms with Crippen molar-refractivity contribution in [2.45, 2.75) is 24.7 Å². The number of hydrogen-bond donors (Lipinski definition) is 0. The Balaban J connectivity index is 1.19. The minimum absolute atomic E-state index is 0.0729. The monoisotopic (exact) mass is 530 g/mol. The summed E-state index contributed by atoms with van der Waals surface area (Å²) in [7, 11) is 0.465. The first-order valence-corrected chi connectivity index (χ1v) is 14.5. The fourth-order valence-electron chi connectivity index (χ4n) is 5.11. The van der Waals surface area contributed by atoms with Crippen molar-refractivity contribution in [1.82, 2.24) is 4.90 Å². The van der Waals surface area contributed by atoms with Gasteiger partial charge in [-0.1, -0.05) is 48.5 Å². The highest BCUT2D eigenvalue weighted by Crippen LogP contribution is 2.30. The van der Waals surface area contributed by atoms with Crippen molar-refractivity contribution in [3.63, 3.8) is 0 Å². The highest BCUT2D eigenvalue weighted by Gasteiger charge is 2.20. The molecule has 4 aromatic rings. The summed E-state index contributed by atoms with van der Waals surface area (Å²) in [6, 6.07) is 23.2. The summed E-state index contributed by atoms with van der Waals surface area (Å²) < 4.78 is 25.1. The molecule has 1 aliphatic heterocycles. The SMILES string of the molecule is COc1ccccc1N1CCN(CCCCS(=O)c2cccc3c(=O)c(C)c(-c4ccccc4)oc23)CC1. The second-order valence-corrected chi connectivity index (χ2v) is 11.2. The molecule has 5 rings (SSSR count). The zero-order chi connectivity index (χ0) is 26.5. The molecule has 1 aliphatic rings. The highest BCUT2D eigenvalue weighted by atomic mass is 32.2. The molecular formula is C31H34N2O4S. The van der Waals surface area contributed by atoms with Gasteiger partial charge in [0.2, 0.25) is 0 Å². The van der Waals surface area contributed by atoms with Crippen LogP contribution in [-0.2, 0) is 10.8 Å². The van der Waals surface area contributed by atoms with Crippen LogP contribution >= 0.6 is 0 Å². The maximum atomic E-state index is 13.3. The van der Waals surface area contributed by atoms with Crippen LogP contribution in [0.25, 0.3) is 22.3 Å². The maximum Gasteiger partial charge on any atom is 0.196 e. The Hall–Kier alpha value is -3.42. The van der Waals surface area contributed by atoms with E-state index in [1.165, 1.54) is 0 Å². The van der Waals surface area contributed by atoms with Crippen molar-refractivity contribution in [3.05, 3.63) is 88.6 Å². The van der Waals surface area contributed by atoms with Crippen LogP contribution in [0, 0.1) is 6.92 Å². The molecule has 0 spiro atoms. The number of fused-ring (bicyclic) bond motifs is 1. The third kappa shape index (κ3) is 5.54. The minimum Gasteiger partial charge on any atom is -0.495 e. The molecular weight excluding hydrogens is 496 g/mol. The van der Waals surface area contributed by atoms with Crippen molar-refractivity contribution in [1.29, 1.82) is 0 Å². The van der Waals surface area contributed by atoms with Crippen molar-refractivity contribution >= 4 is 27.5 Å². The lowest BCUT2D eigenvalue weighted by atomic mass is 10.1. The Labute approximate surface area is 226 Å². The number of hydrogen-bond acceptors (Lipinski definition) is 6. The molecule has 38 heavy (non-hydrogen) atoms. The first-order valence-electron chi connectivity index (χ1n) is 13.2. The molecule has 1 aromatic heterocycles. The lowest BCUT2D eigenvalue weighted by Gasteiger charge is -2.36. The van der Waals surface area contributed by atoms with Gasteiger partial charge in [-0.2, -0.15) is 0 Å². The number of piperazine rings is 1. The van der Waals surface area contributed by atoms with E-state index in [1.807, 2.05) is 48.5 Å². The molecule has 1 unspecified atom stereocenters. The van der Waals surface area contributed by atoms with E-state index in [9.17, 15) is 9.00 Å². The summed E-state index contributed by atoms with van der Waals surface area (Å²) >= 11 is 0. The molecule has 1 saturated heterocycles. The number of nitrogens with zero attached hydrogens (tertiary/aromatic N) is 2. The van der Waals surface area contributed by atoms with E-state index < -0.39 is 10.8 Å². The van der Waals surface area contributed by atoms with E-state index in [1.54, 1.807) is 26.2 Å². The van der Waals surface area contributed by atoms with Crippen LogP contribution in [0.3, 0.4) is 0 Å². The van der Waals surface area contributed by atoms with Crippen LogP contribution in [0.4, 0.5) is 5.69 Å². The quantitative estimate of drug-likeness (QED) is 0.267. The number of para-hydroxylation sites is 3. The molecule has 0 N–H and O–H groups in total. The van der Waals surface area contributed by atoms with Crippen molar-refractivity contribution in [3.8, 4) is 17.1 Å². The van der Waals surface area contributed by atoms with E-state index in [0.29, 0.717) is 32.9 Å². The first-order chi connectivity index (χ1) is 18.6. The Morgan fingerprint density at radius 2 is 1.63 bits per heavy atom. The topological polar surface area (TPSA) is 63.0 Å². The van der Waals surface area contributed by atoms with Crippen molar-refractivity contribution < 1.29 is 13.4 Å². The van der Waals surface area contributed by atoms with E-state index >= 15 is 0 Å². The predicted molar refractivity (Wildman–Crippen MR) is 155 cm³/mol. The molecule has 0 amide bonds. The number of anilines is 1. The van der Waals surface area contributed by atoms with Crippen molar-refractivity contribution in [2.75, 3.05) is 50.5 Å². The van der Waals surface area contributed by atoms with Crippen LogP contribution in [-0.4, -0.2) is 54.7 Å². The first kappa shape index (κ1) is 26.2. The van der Waals surface area contributed by atoms with Crippen LogP contribution < -0.4 is 15.1 Å². The normalized spacial score (nSPS) is 15.1. The van der Waals surface area contributed by atoms with Gasteiger partial charge >= 0.3 is 0 Å². The van der Waals surface area contributed by atoms with Crippen LogP contribution in [0.2, 0.25) is 0 Å². The predicted octanol–water partition coefficient (Wildman–Crippen LogP) is 5.49. The van der Waals surface area contributed by atoms with Crippen molar-refractivity contribution in [2.24, 2.45) is 0 Å². The zero-order valence-corrected chi connectivity index (χ0v) is 22.8. The van der Waals surface area contributed by atoms with E-state index in [-0.39, 0.29) is 5.43 Å². The standard InChI is InChI=1S/C31H34N2O4S/c1-23-29(34)25-13-10-16-28(31(25)37-30(23)24-11-4-3-5-12-24)38(35)22-9-8-17-32-18-20-33(21-19-32)26-14-6-7-15-27(26)36-2/h3-7,10-16H,8-9,17-22H2,1-2H3. The number of unbranched alkanes of at least 4 members (excludes halogenated alkanes) is 1. The third-order valence-electron chi connectivity index (χ3n) is 7.24. The molecule has 7 heteroatoms. The van der Waals surface area contributed by atoms with Gasteiger partial charge in [-0.05, 0) is 50.6 Å². The van der Waals surface area contributed by atoms with Gasteiger partial charge in [0, 0.05) is 43.1 Å². The molecule has 2 heterocycles. The minimum atomic E-state index is -1.25. The van der Waals surface area contributed by atoms with Crippen LogP contribution in [0.1, 0.15) is 18.4 Å². The molecule has 1 fully saturated rings. The molecule has 0 aliphatic carbocycles. The average Bonchev–Trinajstić information content (AvgIpc) is 2.97. The molecule has 0 saturated carbocycles. The third-order valence-corrected chi connectivity index (χ3v) is 8.71. The van der Waals surface area contributed by atoms with Gasteiger partial charge < -0.3 is 14.1 Å². The van der Waals surface area contributed by atoms with Gasteiger partial charge in [-0.15, -0.1) is 0 Å². The van der Waals surface area contributed by atoms with E-state index in [4.69, 9.17) is 9.15 Å². The molecule has 6 nitrogen and oxygen atoms in total. The van der Waals surface area contributed by atoms with Gasteiger partial charge in [0.05, 0.1) is 33.9 Å². The van der Waals surface area contributed by atoms with Gasteiger partial charge in [0.25, 0.3) is 0 Å². The second kappa shape index (κ2) is 12.0. The summed E-state index contributed by atoms with van der Waals surface area (Å²) in [6.45, 7) is 6.69.